The van der Waals surface area contributed by atoms with Crippen LogP contribution in [0.1, 0.15) is 15.9 Å². The van der Waals surface area contributed by atoms with Gasteiger partial charge >= 0.3 is 5.69 Å². The molecule has 0 radical (unpaired) electrons. The van der Waals surface area contributed by atoms with Crippen molar-refractivity contribution in [3.05, 3.63) is 63.5 Å². The van der Waals surface area contributed by atoms with Crippen LogP contribution in [0, 0.1) is 22.9 Å². The molecule has 0 aliphatic rings. The monoisotopic (exact) mass is 289 g/mol. The summed E-state index contributed by atoms with van der Waals surface area (Å²) in [6, 6.07) is 8.27. The summed E-state index contributed by atoms with van der Waals surface area (Å²) in [7, 11) is 0. The lowest BCUT2D eigenvalue weighted by molar-refractivity contribution is -0.384. The lowest BCUT2D eigenvalue weighted by Crippen LogP contribution is -2.15. The van der Waals surface area contributed by atoms with Crippen molar-refractivity contribution >= 4 is 23.0 Å². The van der Waals surface area contributed by atoms with E-state index in [1.165, 1.54) is 43.3 Å². The van der Waals surface area contributed by atoms with E-state index in [4.69, 9.17) is 5.73 Å². The summed E-state index contributed by atoms with van der Waals surface area (Å²) in [5.74, 6) is -1.20. The third-order valence-corrected chi connectivity index (χ3v) is 3.01. The topological polar surface area (TPSA) is 98.3 Å². The van der Waals surface area contributed by atoms with Gasteiger partial charge in [0.15, 0.2) is 0 Å². The van der Waals surface area contributed by atoms with Crippen molar-refractivity contribution < 1.29 is 14.1 Å². The van der Waals surface area contributed by atoms with Crippen molar-refractivity contribution in [2.45, 2.75) is 6.92 Å². The standard InChI is InChI=1S/C14H12FN3O3/c1-8-10(15)5-3-7-12(8)17-14(19)9-4-2-6-11(16)13(9)18(20)21/h2-7H,16H2,1H3,(H,17,19). The van der Waals surface area contributed by atoms with Gasteiger partial charge in [0.1, 0.15) is 17.1 Å². The Balaban J connectivity index is 2.40. The van der Waals surface area contributed by atoms with Crippen LogP contribution in [0.25, 0.3) is 0 Å². The number of halogens is 1. The number of rotatable bonds is 3. The van der Waals surface area contributed by atoms with Gasteiger partial charge in [0.2, 0.25) is 0 Å². The number of nitrogens with two attached hydrogens (primary N) is 1. The molecular weight excluding hydrogens is 277 g/mol. The maximum atomic E-state index is 13.4. The maximum Gasteiger partial charge on any atom is 0.304 e. The molecule has 0 saturated heterocycles. The van der Waals surface area contributed by atoms with Gasteiger partial charge in [-0.05, 0) is 31.2 Å². The Kier molecular flexibility index (Phi) is 3.84. The lowest BCUT2D eigenvalue weighted by Gasteiger charge is -2.09. The summed E-state index contributed by atoms with van der Waals surface area (Å²) in [5, 5.41) is 13.5. The number of nitro benzene ring substituents is 1. The minimum atomic E-state index is -0.720. The molecule has 1 amide bonds. The highest BCUT2D eigenvalue weighted by atomic mass is 19.1. The second-order valence-corrected chi connectivity index (χ2v) is 4.37. The summed E-state index contributed by atoms with van der Waals surface area (Å²) in [5.41, 5.74) is 5.27. The van der Waals surface area contributed by atoms with Crippen LogP contribution in [0.5, 0.6) is 0 Å². The molecule has 7 heteroatoms. The van der Waals surface area contributed by atoms with Gasteiger partial charge in [-0.25, -0.2) is 4.39 Å². The molecular formula is C14H12FN3O3. The Morgan fingerprint density at radius 2 is 1.95 bits per heavy atom. The summed E-state index contributed by atoms with van der Waals surface area (Å²) in [6.07, 6.45) is 0. The summed E-state index contributed by atoms with van der Waals surface area (Å²) < 4.78 is 13.4. The molecule has 3 N–H and O–H groups in total. The lowest BCUT2D eigenvalue weighted by atomic mass is 10.1. The Hall–Kier alpha value is -2.96. The fraction of sp³-hybridized carbons (Fsp3) is 0.0714. The number of nitrogen functional groups attached to an aromatic ring is 1. The number of anilines is 2. The van der Waals surface area contributed by atoms with E-state index < -0.39 is 22.3 Å². The van der Waals surface area contributed by atoms with Gasteiger partial charge < -0.3 is 11.1 Å². The highest BCUT2D eigenvalue weighted by Gasteiger charge is 2.23. The number of nitrogens with one attached hydrogen (secondary N) is 1. The first-order valence-corrected chi connectivity index (χ1v) is 6.01. The largest absolute Gasteiger partial charge is 0.393 e. The van der Waals surface area contributed by atoms with E-state index in [0.717, 1.165) is 0 Å². The van der Waals surface area contributed by atoms with Crippen molar-refractivity contribution in [1.82, 2.24) is 0 Å². The number of nitrogens with zero attached hydrogens (tertiary/aromatic N) is 1. The van der Waals surface area contributed by atoms with Crippen LogP contribution in [0.15, 0.2) is 36.4 Å². The molecule has 2 aromatic carbocycles. The quantitative estimate of drug-likeness (QED) is 0.515. The van der Waals surface area contributed by atoms with E-state index in [2.05, 4.69) is 5.32 Å². The van der Waals surface area contributed by atoms with Crippen LogP contribution in [0.3, 0.4) is 0 Å². The molecule has 0 heterocycles. The average Bonchev–Trinajstić information content (AvgIpc) is 2.43. The Bertz CT molecular complexity index is 731. The minimum Gasteiger partial charge on any atom is -0.393 e. The van der Waals surface area contributed by atoms with Gasteiger partial charge in [-0.2, -0.15) is 0 Å². The maximum absolute atomic E-state index is 13.4. The van der Waals surface area contributed by atoms with E-state index >= 15 is 0 Å². The molecule has 0 aliphatic carbocycles. The predicted molar refractivity (Wildman–Crippen MR) is 76.6 cm³/mol. The Labute approximate surface area is 119 Å². The zero-order valence-corrected chi connectivity index (χ0v) is 11.1. The molecule has 2 aromatic rings. The summed E-state index contributed by atoms with van der Waals surface area (Å²) in [6.45, 7) is 1.50. The van der Waals surface area contributed by atoms with Crippen LogP contribution >= 0.6 is 0 Å². The molecule has 2 rings (SSSR count). The smallest absolute Gasteiger partial charge is 0.304 e. The van der Waals surface area contributed by atoms with Crippen molar-refractivity contribution in [3.63, 3.8) is 0 Å². The average molecular weight is 289 g/mol. The Morgan fingerprint density at radius 1 is 1.29 bits per heavy atom. The molecule has 0 atom stereocenters. The first-order chi connectivity index (χ1) is 9.91. The number of para-hydroxylation sites is 1. The van der Waals surface area contributed by atoms with Crippen molar-refractivity contribution in [3.8, 4) is 0 Å². The minimum absolute atomic E-state index is 0.108. The van der Waals surface area contributed by atoms with Crippen LogP contribution in [0.4, 0.5) is 21.5 Å². The van der Waals surface area contributed by atoms with Gasteiger partial charge in [-0.1, -0.05) is 12.1 Å². The van der Waals surface area contributed by atoms with Gasteiger partial charge in [0.05, 0.1) is 4.92 Å². The zero-order valence-electron chi connectivity index (χ0n) is 11.1. The number of carbonyl (C=O) groups is 1. The van der Waals surface area contributed by atoms with Gasteiger partial charge in [0, 0.05) is 11.3 Å². The van der Waals surface area contributed by atoms with Gasteiger partial charge in [-0.3, -0.25) is 14.9 Å². The van der Waals surface area contributed by atoms with Crippen molar-refractivity contribution in [2.75, 3.05) is 11.1 Å². The zero-order chi connectivity index (χ0) is 15.6. The molecule has 108 valence electrons. The van der Waals surface area contributed by atoms with Gasteiger partial charge in [0.25, 0.3) is 5.91 Å². The SMILES string of the molecule is Cc1c(F)cccc1NC(=O)c1cccc(N)c1[N+](=O)[O-]. The molecule has 21 heavy (non-hydrogen) atoms. The van der Waals surface area contributed by atoms with E-state index in [1.807, 2.05) is 0 Å². The molecule has 0 fully saturated rings. The number of nitro groups is 1. The molecule has 6 nitrogen and oxygen atoms in total. The first kappa shape index (κ1) is 14.4. The summed E-state index contributed by atoms with van der Waals surface area (Å²) in [4.78, 5) is 22.4. The molecule has 0 bridgehead atoms. The fourth-order valence-corrected chi connectivity index (χ4v) is 1.88. The van der Waals surface area contributed by atoms with E-state index in [-0.39, 0.29) is 22.5 Å². The fourth-order valence-electron chi connectivity index (χ4n) is 1.88. The molecule has 0 saturated carbocycles. The van der Waals surface area contributed by atoms with Crippen molar-refractivity contribution in [2.24, 2.45) is 0 Å². The third kappa shape index (κ3) is 2.81. The van der Waals surface area contributed by atoms with E-state index in [1.54, 1.807) is 0 Å². The molecule has 0 unspecified atom stereocenters. The number of amides is 1. The summed E-state index contributed by atoms with van der Waals surface area (Å²) >= 11 is 0. The Morgan fingerprint density at radius 3 is 2.62 bits per heavy atom. The van der Waals surface area contributed by atoms with E-state index in [0.29, 0.717) is 0 Å². The molecule has 0 spiro atoms. The molecule has 0 aliphatic heterocycles. The highest BCUT2D eigenvalue weighted by molar-refractivity contribution is 6.08. The van der Waals surface area contributed by atoms with Crippen LogP contribution in [-0.4, -0.2) is 10.8 Å². The number of carbonyl (C=O) groups excluding carboxylic acids is 1. The van der Waals surface area contributed by atoms with Crippen LogP contribution in [-0.2, 0) is 0 Å². The predicted octanol–water partition coefficient (Wildman–Crippen LogP) is 2.88. The van der Waals surface area contributed by atoms with Crippen molar-refractivity contribution in [1.29, 1.82) is 0 Å². The second kappa shape index (κ2) is 5.58. The second-order valence-electron chi connectivity index (χ2n) is 4.37. The first-order valence-electron chi connectivity index (χ1n) is 6.01. The van der Waals surface area contributed by atoms with Crippen LogP contribution < -0.4 is 11.1 Å². The van der Waals surface area contributed by atoms with E-state index in [9.17, 15) is 19.3 Å². The number of hydrogen-bond donors (Lipinski definition) is 2. The van der Waals surface area contributed by atoms with Crippen LogP contribution in [0.2, 0.25) is 0 Å². The normalized spacial score (nSPS) is 10.2. The molecule has 0 aromatic heterocycles. The number of benzene rings is 2. The number of hydrogen-bond acceptors (Lipinski definition) is 4. The van der Waals surface area contributed by atoms with Gasteiger partial charge in [-0.15, -0.1) is 0 Å². The third-order valence-electron chi connectivity index (χ3n) is 3.01. The highest BCUT2D eigenvalue weighted by Crippen LogP contribution is 2.27.